The smallest absolute Gasteiger partial charge is 0.269 e. The Balaban J connectivity index is 1.94. The van der Waals surface area contributed by atoms with Crippen molar-refractivity contribution in [3.8, 4) is 0 Å². The molecule has 3 nitrogen and oxygen atoms in total. The van der Waals surface area contributed by atoms with Gasteiger partial charge in [-0.2, -0.15) is 0 Å². The fourth-order valence-electron chi connectivity index (χ4n) is 1.72. The minimum atomic E-state index is -0.241. The van der Waals surface area contributed by atoms with Gasteiger partial charge in [0.1, 0.15) is 5.69 Å². The number of nitrogens with zero attached hydrogens (tertiary/aromatic N) is 1. The van der Waals surface area contributed by atoms with Crippen LogP contribution in [0.3, 0.4) is 0 Å². The fraction of sp³-hybridized carbons (Fsp3) is 0.200. The Morgan fingerprint density at radius 2 is 1.95 bits per heavy atom. The molecule has 0 spiro atoms. The normalized spacial score (nSPS) is 11.9. The molecule has 98 valence electrons. The average molecular weight is 275 g/mol. The number of amides is 1. The van der Waals surface area contributed by atoms with E-state index in [9.17, 15) is 4.79 Å². The van der Waals surface area contributed by atoms with Crippen LogP contribution in [0.1, 0.15) is 27.1 Å². The molecule has 0 saturated heterocycles. The number of carbonyl (C=O) groups is 1. The largest absolute Gasteiger partial charge is 0.349 e. The summed E-state index contributed by atoms with van der Waals surface area (Å²) in [7, 11) is 0. The second kappa shape index (κ2) is 6.34. The van der Waals surface area contributed by atoms with Crippen molar-refractivity contribution in [3.05, 3.63) is 65.5 Å². The van der Waals surface area contributed by atoms with Gasteiger partial charge in [0.05, 0.1) is 5.38 Å². The minimum absolute atomic E-state index is 0.203. The Labute approximate surface area is 117 Å². The predicted octanol–water partition coefficient (Wildman–Crippen LogP) is 3.10. The molecule has 1 atom stereocenters. The lowest BCUT2D eigenvalue weighted by atomic mass is 10.1. The van der Waals surface area contributed by atoms with Crippen LogP contribution < -0.4 is 5.32 Å². The molecule has 1 aromatic carbocycles. The van der Waals surface area contributed by atoms with Gasteiger partial charge in [-0.05, 0) is 24.6 Å². The Hall–Kier alpha value is -1.87. The number of aryl methyl sites for hydroxylation is 1. The number of rotatable bonds is 4. The van der Waals surface area contributed by atoms with Gasteiger partial charge in [-0.15, -0.1) is 11.6 Å². The molecule has 19 heavy (non-hydrogen) atoms. The lowest BCUT2D eigenvalue weighted by molar-refractivity contribution is 0.0948. The quantitative estimate of drug-likeness (QED) is 0.871. The summed E-state index contributed by atoms with van der Waals surface area (Å²) in [6, 6.07) is 15.0. The summed E-state index contributed by atoms with van der Waals surface area (Å²) in [6.07, 6.45) is 0. The highest BCUT2D eigenvalue weighted by atomic mass is 35.5. The van der Waals surface area contributed by atoms with Crippen LogP contribution in [0.2, 0.25) is 0 Å². The zero-order valence-electron chi connectivity index (χ0n) is 10.6. The van der Waals surface area contributed by atoms with Crippen LogP contribution in [0.5, 0.6) is 0 Å². The maximum atomic E-state index is 11.9. The van der Waals surface area contributed by atoms with E-state index in [1.54, 1.807) is 6.07 Å². The number of halogens is 1. The Morgan fingerprint density at radius 3 is 2.63 bits per heavy atom. The summed E-state index contributed by atoms with van der Waals surface area (Å²) in [5.41, 5.74) is 2.22. The molecule has 1 heterocycles. The van der Waals surface area contributed by atoms with Gasteiger partial charge in [0.25, 0.3) is 5.91 Å². The van der Waals surface area contributed by atoms with Crippen LogP contribution in [0.25, 0.3) is 0 Å². The Morgan fingerprint density at radius 1 is 1.21 bits per heavy atom. The first kappa shape index (κ1) is 13.6. The van der Waals surface area contributed by atoms with Crippen molar-refractivity contribution >= 4 is 17.5 Å². The molecule has 0 aliphatic carbocycles. The van der Waals surface area contributed by atoms with Crippen molar-refractivity contribution in [3.63, 3.8) is 0 Å². The molecule has 1 aromatic heterocycles. The molecule has 4 heteroatoms. The van der Waals surface area contributed by atoms with Crippen molar-refractivity contribution in [1.29, 1.82) is 0 Å². The standard InChI is InChI=1S/C15H15ClN2O/c1-11-6-5-9-14(18-11)15(19)17-10-13(16)12-7-3-2-4-8-12/h2-9,13H,10H2,1H3,(H,17,19). The first-order valence-electron chi connectivity index (χ1n) is 6.07. The zero-order chi connectivity index (χ0) is 13.7. The van der Waals surface area contributed by atoms with Crippen molar-refractivity contribution in [2.45, 2.75) is 12.3 Å². The van der Waals surface area contributed by atoms with E-state index in [4.69, 9.17) is 11.6 Å². The zero-order valence-corrected chi connectivity index (χ0v) is 11.4. The maximum absolute atomic E-state index is 11.9. The predicted molar refractivity (Wildman–Crippen MR) is 76.3 cm³/mol. The summed E-state index contributed by atoms with van der Waals surface area (Å²) in [4.78, 5) is 16.1. The van der Waals surface area contributed by atoms with Crippen molar-refractivity contribution in [2.75, 3.05) is 6.54 Å². The summed E-state index contributed by atoms with van der Waals surface area (Å²) in [5.74, 6) is -0.203. The van der Waals surface area contributed by atoms with Crippen molar-refractivity contribution in [2.24, 2.45) is 0 Å². The molecular formula is C15H15ClN2O. The molecule has 1 N–H and O–H groups in total. The SMILES string of the molecule is Cc1cccc(C(=O)NCC(Cl)c2ccccc2)n1. The monoisotopic (exact) mass is 274 g/mol. The lowest BCUT2D eigenvalue weighted by Gasteiger charge is -2.11. The number of carbonyl (C=O) groups excluding carboxylic acids is 1. The third kappa shape index (κ3) is 3.80. The van der Waals surface area contributed by atoms with Crippen LogP contribution in [-0.2, 0) is 0 Å². The topological polar surface area (TPSA) is 42.0 Å². The van der Waals surface area contributed by atoms with Gasteiger partial charge in [0, 0.05) is 12.2 Å². The number of hydrogen-bond acceptors (Lipinski definition) is 2. The number of nitrogens with one attached hydrogen (secondary N) is 1. The van der Waals surface area contributed by atoms with E-state index in [-0.39, 0.29) is 11.3 Å². The number of benzene rings is 1. The number of hydrogen-bond donors (Lipinski definition) is 1. The molecule has 0 radical (unpaired) electrons. The first-order chi connectivity index (χ1) is 9.16. The Bertz CT molecular complexity index is 557. The molecule has 0 bridgehead atoms. The summed E-state index contributed by atoms with van der Waals surface area (Å²) < 4.78 is 0. The van der Waals surface area contributed by atoms with E-state index < -0.39 is 0 Å². The van der Waals surface area contributed by atoms with E-state index in [2.05, 4.69) is 10.3 Å². The molecule has 0 aliphatic heterocycles. The highest BCUT2D eigenvalue weighted by molar-refractivity contribution is 6.21. The molecule has 1 unspecified atom stereocenters. The van der Waals surface area contributed by atoms with Crippen LogP contribution >= 0.6 is 11.6 Å². The number of aromatic nitrogens is 1. The molecule has 2 rings (SSSR count). The summed E-state index contributed by atoms with van der Waals surface area (Å²) in [5, 5.41) is 2.55. The van der Waals surface area contributed by atoms with Crippen LogP contribution in [0.4, 0.5) is 0 Å². The first-order valence-corrected chi connectivity index (χ1v) is 6.51. The molecular weight excluding hydrogens is 260 g/mol. The fourth-order valence-corrected chi connectivity index (χ4v) is 1.94. The summed E-state index contributed by atoms with van der Waals surface area (Å²) >= 11 is 6.23. The average Bonchev–Trinajstić information content (AvgIpc) is 2.45. The molecule has 0 saturated carbocycles. The highest BCUT2D eigenvalue weighted by Gasteiger charge is 2.11. The number of alkyl halides is 1. The van der Waals surface area contributed by atoms with Gasteiger partial charge in [-0.25, -0.2) is 4.98 Å². The second-order valence-electron chi connectivity index (χ2n) is 4.25. The third-order valence-electron chi connectivity index (χ3n) is 2.72. The van der Waals surface area contributed by atoms with Crippen LogP contribution in [-0.4, -0.2) is 17.4 Å². The van der Waals surface area contributed by atoms with E-state index in [1.165, 1.54) is 0 Å². The van der Waals surface area contributed by atoms with E-state index >= 15 is 0 Å². The molecule has 2 aromatic rings. The van der Waals surface area contributed by atoms with E-state index in [0.29, 0.717) is 12.2 Å². The summed E-state index contributed by atoms with van der Waals surface area (Å²) in [6.45, 7) is 2.23. The second-order valence-corrected chi connectivity index (χ2v) is 4.78. The van der Waals surface area contributed by atoms with Gasteiger partial charge < -0.3 is 5.32 Å². The van der Waals surface area contributed by atoms with Gasteiger partial charge in [0.2, 0.25) is 0 Å². The third-order valence-corrected chi connectivity index (χ3v) is 3.13. The van der Waals surface area contributed by atoms with Gasteiger partial charge in [0.15, 0.2) is 0 Å². The van der Waals surface area contributed by atoms with Crippen molar-refractivity contribution < 1.29 is 4.79 Å². The van der Waals surface area contributed by atoms with Crippen molar-refractivity contribution in [1.82, 2.24) is 10.3 Å². The molecule has 0 fully saturated rings. The van der Waals surface area contributed by atoms with Crippen LogP contribution in [0, 0.1) is 6.92 Å². The lowest BCUT2D eigenvalue weighted by Crippen LogP contribution is -2.27. The highest BCUT2D eigenvalue weighted by Crippen LogP contribution is 2.18. The Kier molecular flexibility index (Phi) is 4.53. The van der Waals surface area contributed by atoms with Crippen LogP contribution in [0.15, 0.2) is 48.5 Å². The van der Waals surface area contributed by atoms with E-state index in [0.717, 1.165) is 11.3 Å². The maximum Gasteiger partial charge on any atom is 0.269 e. The van der Waals surface area contributed by atoms with Gasteiger partial charge >= 0.3 is 0 Å². The van der Waals surface area contributed by atoms with E-state index in [1.807, 2.05) is 49.4 Å². The number of pyridine rings is 1. The molecule has 0 aliphatic rings. The minimum Gasteiger partial charge on any atom is -0.349 e. The van der Waals surface area contributed by atoms with Gasteiger partial charge in [-0.1, -0.05) is 36.4 Å². The van der Waals surface area contributed by atoms with Gasteiger partial charge in [-0.3, -0.25) is 4.79 Å². The molecule has 1 amide bonds.